The lowest BCUT2D eigenvalue weighted by Crippen LogP contribution is -2.61. The van der Waals surface area contributed by atoms with Gasteiger partial charge in [0.05, 0.1) is 11.9 Å². The Hall–Kier alpha value is -3.17. The lowest BCUT2D eigenvalue weighted by atomic mass is 9.76. The number of anilines is 1. The molecule has 152 valence electrons. The van der Waals surface area contributed by atoms with Crippen molar-refractivity contribution in [1.82, 2.24) is 0 Å². The molecule has 0 saturated carbocycles. The van der Waals surface area contributed by atoms with Crippen molar-refractivity contribution in [3.63, 3.8) is 0 Å². The van der Waals surface area contributed by atoms with Crippen molar-refractivity contribution >= 4 is 23.0 Å². The maximum Gasteiger partial charge on any atom is 0.187 e. The second-order valence-corrected chi connectivity index (χ2v) is 9.60. The fourth-order valence-electron chi connectivity index (χ4n) is 6.25. The van der Waals surface area contributed by atoms with Crippen molar-refractivity contribution in [3.8, 4) is 0 Å². The summed E-state index contributed by atoms with van der Waals surface area (Å²) in [6, 6.07) is 17.3. The van der Waals surface area contributed by atoms with Crippen LogP contribution < -0.4 is 15.3 Å². The zero-order valence-corrected chi connectivity index (χ0v) is 18.0. The van der Waals surface area contributed by atoms with Gasteiger partial charge in [0.1, 0.15) is 6.10 Å². The molecule has 0 amide bonds. The standard InChI is InChI=1S/C28H24N2O/c1-27(2)22-13-6-7-14-24(22)30(3)28(27)16-29-23-15-21-18-10-5-4-9-17(18)19-11-8-12-20(25(19)21)26(23)31-28/h4-11,13-16,26H,12H2,1-3H3. The number of allylic oxidation sites excluding steroid dienone is 4. The Morgan fingerprint density at radius 3 is 2.55 bits per heavy atom. The summed E-state index contributed by atoms with van der Waals surface area (Å²) in [5.74, 6) is 0. The molecule has 2 unspecified atom stereocenters. The molecule has 2 aromatic carbocycles. The lowest BCUT2D eigenvalue weighted by molar-refractivity contribution is -0.0558. The zero-order valence-electron chi connectivity index (χ0n) is 18.0. The molecule has 2 aromatic rings. The Morgan fingerprint density at radius 2 is 1.74 bits per heavy atom. The minimum absolute atomic E-state index is 0.131. The number of fused-ring (bicyclic) bond motifs is 4. The summed E-state index contributed by atoms with van der Waals surface area (Å²) in [4.78, 5) is 7.36. The first kappa shape index (κ1) is 17.5. The quantitative estimate of drug-likeness (QED) is 0.668. The third kappa shape index (κ3) is 1.92. The molecule has 2 heterocycles. The molecule has 0 radical (unpaired) electrons. The molecule has 7 rings (SSSR count). The van der Waals surface area contributed by atoms with Crippen LogP contribution in [-0.2, 0) is 10.2 Å². The van der Waals surface area contributed by atoms with Crippen LogP contribution in [0.1, 0.15) is 25.8 Å². The molecule has 0 saturated heterocycles. The predicted molar refractivity (Wildman–Crippen MR) is 125 cm³/mol. The molecule has 5 aliphatic rings. The number of hydrogen-bond donors (Lipinski definition) is 0. The summed E-state index contributed by atoms with van der Waals surface area (Å²) in [5.41, 5.74) is 8.04. The van der Waals surface area contributed by atoms with Gasteiger partial charge in [0.25, 0.3) is 0 Å². The number of benzene rings is 2. The number of nitrogens with zero attached hydrogens (tertiary/aromatic N) is 2. The molecular weight excluding hydrogens is 380 g/mol. The van der Waals surface area contributed by atoms with Gasteiger partial charge in [-0.15, -0.1) is 0 Å². The summed E-state index contributed by atoms with van der Waals surface area (Å²) in [6.45, 7) is 4.55. The maximum absolute atomic E-state index is 7.13. The van der Waals surface area contributed by atoms with Gasteiger partial charge in [-0.1, -0.05) is 68.5 Å². The van der Waals surface area contributed by atoms with E-state index in [9.17, 15) is 0 Å². The third-order valence-corrected chi connectivity index (χ3v) is 7.89. The molecule has 3 nitrogen and oxygen atoms in total. The van der Waals surface area contributed by atoms with Gasteiger partial charge in [0.15, 0.2) is 5.72 Å². The summed E-state index contributed by atoms with van der Waals surface area (Å²) >= 11 is 0. The lowest BCUT2D eigenvalue weighted by Gasteiger charge is -2.48. The number of aliphatic imine (C=N–C) groups is 1. The van der Waals surface area contributed by atoms with E-state index in [2.05, 4.69) is 92.6 Å². The van der Waals surface area contributed by atoms with Crippen molar-refractivity contribution in [1.29, 1.82) is 0 Å². The van der Waals surface area contributed by atoms with E-state index in [-0.39, 0.29) is 11.5 Å². The van der Waals surface area contributed by atoms with E-state index in [4.69, 9.17) is 9.73 Å². The van der Waals surface area contributed by atoms with E-state index in [0.29, 0.717) is 0 Å². The molecule has 1 spiro atoms. The smallest absolute Gasteiger partial charge is 0.187 e. The van der Waals surface area contributed by atoms with Crippen LogP contribution in [0.5, 0.6) is 0 Å². The summed E-state index contributed by atoms with van der Waals surface area (Å²) in [7, 11) is 2.14. The van der Waals surface area contributed by atoms with Crippen LogP contribution >= 0.6 is 0 Å². The average Bonchev–Trinajstić information content (AvgIpc) is 3.20. The van der Waals surface area contributed by atoms with Crippen LogP contribution in [0, 0.1) is 0 Å². The molecule has 2 aliphatic heterocycles. The van der Waals surface area contributed by atoms with Gasteiger partial charge >= 0.3 is 0 Å². The van der Waals surface area contributed by atoms with Crippen LogP contribution in [0.4, 0.5) is 5.69 Å². The second-order valence-electron chi connectivity index (χ2n) is 9.60. The van der Waals surface area contributed by atoms with Gasteiger partial charge in [-0.2, -0.15) is 0 Å². The molecule has 0 N–H and O–H groups in total. The minimum Gasteiger partial charge on any atom is -0.341 e. The van der Waals surface area contributed by atoms with E-state index in [1.807, 2.05) is 6.21 Å². The summed E-state index contributed by atoms with van der Waals surface area (Å²) < 4.78 is 7.13. The first-order valence-electron chi connectivity index (χ1n) is 11.0. The fourth-order valence-corrected chi connectivity index (χ4v) is 6.25. The molecule has 3 aliphatic carbocycles. The number of rotatable bonds is 0. The largest absolute Gasteiger partial charge is 0.341 e. The van der Waals surface area contributed by atoms with Crippen LogP contribution in [0.2, 0.25) is 0 Å². The number of likely N-dealkylation sites (N-methyl/N-ethyl adjacent to an activating group) is 1. The molecule has 0 aromatic heterocycles. The highest BCUT2D eigenvalue weighted by atomic mass is 16.5. The maximum atomic E-state index is 7.13. The van der Waals surface area contributed by atoms with Gasteiger partial charge in [0, 0.05) is 18.2 Å². The van der Waals surface area contributed by atoms with Crippen molar-refractivity contribution < 1.29 is 4.74 Å². The van der Waals surface area contributed by atoms with Crippen molar-refractivity contribution in [2.24, 2.45) is 4.99 Å². The fraction of sp³-hybridized carbons (Fsp3) is 0.250. The second kappa shape index (κ2) is 5.54. The van der Waals surface area contributed by atoms with E-state index >= 15 is 0 Å². The Labute approximate surface area is 182 Å². The van der Waals surface area contributed by atoms with E-state index in [0.717, 1.165) is 12.1 Å². The van der Waals surface area contributed by atoms with E-state index < -0.39 is 5.72 Å². The highest BCUT2D eigenvalue weighted by Crippen LogP contribution is 2.54. The Morgan fingerprint density at radius 1 is 1.00 bits per heavy atom. The molecule has 0 bridgehead atoms. The first-order valence-corrected chi connectivity index (χ1v) is 11.0. The highest BCUT2D eigenvalue weighted by Gasteiger charge is 2.59. The van der Waals surface area contributed by atoms with E-state index in [1.165, 1.54) is 44.0 Å². The van der Waals surface area contributed by atoms with Crippen LogP contribution in [-0.4, -0.2) is 25.1 Å². The number of hydrogen-bond acceptors (Lipinski definition) is 3. The Kier molecular flexibility index (Phi) is 3.13. The SMILES string of the molecule is CN1c2ccccc2C(C)(C)C12C=NC1=CC3=c4ccccc4=C4C=CCC(=C43)C1O2. The van der Waals surface area contributed by atoms with Gasteiger partial charge in [-0.05, 0) is 56.9 Å². The third-order valence-electron chi connectivity index (χ3n) is 7.89. The predicted octanol–water partition coefficient (Wildman–Crippen LogP) is 3.75. The topological polar surface area (TPSA) is 24.8 Å². The van der Waals surface area contributed by atoms with Crippen LogP contribution in [0.3, 0.4) is 0 Å². The van der Waals surface area contributed by atoms with Crippen molar-refractivity contribution in [3.05, 3.63) is 99.6 Å². The average molecular weight is 405 g/mol. The van der Waals surface area contributed by atoms with Crippen molar-refractivity contribution in [2.45, 2.75) is 37.5 Å². The number of ether oxygens (including phenoxy) is 1. The summed E-state index contributed by atoms with van der Waals surface area (Å²) in [6.07, 6.45) is 9.64. The summed E-state index contributed by atoms with van der Waals surface area (Å²) in [5, 5.41) is 2.63. The molecule has 0 fully saturated rings. The Balaban J connectivity index is 1.45. The zero-order chi connectivity index (χ0) is 21.0. The highest BCUT2D eigenvalue weighted by molar-refractivity contribution is 6.01. The van der Waals surface area contributed by atoms with Crippen LogP contribution in [0.15, 0.2) is 88.6 Å². The normalized spacial score (nSPS) is 28.5. The molecule has 31 heavy (non-hydrogen) atoms. The van der Waals surface area contributed by atoms with Gasteiger partial charge in [0.2, 0.25) is 0 Å². The minimum atomic E-state index is -0.615. The Bertz CT molecular complexity index is 1440. The monoisotopic (exact) mass is 404 g/mol. The van der Waals surface area contributed by atoms with Gasteiger partial charge in [-0.25, -0.2) is 0 Å². The van der Waals surface area contributed by atoms with E-state index in [1.54, 1.807) is 0 Å². The molecule has 3 heteroatoms. The molecule has 2 atom stereocenters. The molecular formula is C28H24N2O. The van der Waals surface area contributed by atoms with Crippen LogP contribution in [0.25, 0.3) is 11.1 Å². The van der Waals surface area contributed by atoms with Gasteiger partial charge in [-0.3, -0.25) is 4.99 Å². The number of para-hydroxylation sites is 1. The van der Waals surface area contributed by atoms with Gasteiger partial charge < -0.3 is 9.64 Å². The first-order chi connectivity index (χ1) is 15.0. The van der Waals surface area contributed by atoms with Crippen molar-refractivity contribution in [2.75, 3.05) is 11.9 Å².